The lowest BCUT2D eigenvalue weighted by Crippen LogP contribution is -2.19. The summed E-state index contributed by atoms with van der Waals surface area (Å²) in [6.07, 6.45) is 10.8. The number of ketones is 1. The predicted molar refractivity (Wildman–Crippen MR) is 115 cm³/mol. The van der Waals surface area contributed by atoms with Crippen LogP contribution in [-0.2, 0) is 4.79 Å². The number of carbonyl (C=O) groups excluding carboxylic acids is 1. The molecule has 27 heavy (non-hydrogen) atoms. The smallest absolute Gasteiger partial charge is 0.178 e. The van der Waals surface area contributed by atoms with Crippen molar-refractivity contribution in [2.45, 2.75) is 40.0 Å². The molecule has 1 nitrogen and oxygen atoms in total. The Morgan fingerprint density at radius 2 is 1.52 bits per heavy atom. The molecule has 1 heteroatoms. The van der Waals surface area contributed by atoms with Crippen LogP contribution < -0.4 is 0 Å². The van der Waals surface area contributed by atoms with E-state index in [-0.39, 0.29) is 11.2 Å². The molecule has 1 aliphatic rings. The molecule has 3 rings (SSSR count). The normalized spacial score (nSPS) is 17.0. The van der Waals surface area contributed by atoms with E-state index in [4.69, 9.17) is 0 Å². The summed E-state index contributed by atoms with van der Waals surface area (Å²) < 4.78 is 0. The third-order valence-electron chi connectivity index (χ3n) is 5.41. The first kappa shape index (κ1) is 19.1. The van der Waals surface area contributed by atoms with E-state index in [0.29, 0.717) is 0 Å². The van der Waals surface area contributed by atoms with Crippen LogP contribution in [0.15, 0.2) is 84.0 Å². The van der Waals surface area contributed by atoms with Gasteiger partial charge in [0.15, 0.2) is 5.78 Å². The molecular formula is C26H28O. The molecule has 0 spiro atoms. The fraction of sp³-hybridized carbons (Fsp3) is 0.269. The summed E-state index contributed by atoms with van der Waals surface area (Å²) in [6, 6.07) is 18.6. The molecule has 2 aromatic carbocycles. The minimum atomic E-state index is 0.0313. The van der Waals surface area contributed by atoms with Crippen LogP contribution in [0.3, 0.4) is 0 Å². The highest BCUT2D eigenvalue weighted by atomic mass is 16.1. The summed E-state index contributed by atoms with van der Waals surface area (Å²) in [5, 5.41) is 0. The van der Waals surface area contributed by atoms with E-state index in [1.54, 1.807) is 12.2 Å². The van der Waals surface area contributed by atoms with Crippen LogP contribution in [0.4, 0.5) is 0 Å². The number of hydrogen-bond donors (Lipinski definition) is 0. The lowest BCUT2D eigenvalue weighted by atomic mass is 9.72. The van der Waals surface area contributed by atoms with Crippen LogP contribution in [-0.4, -0.2) is 5.78 Å². The molecular weight excluding hydrogens is 328 g/mol. The van der Waals surface area contributed by atoms with Gasteiger partial charge in [-0.05, 0) is 66.0 Å². The molecule has 0 atom stereocenters. The van der Waals surface area contributed by atoms with Gasteiger partial charge in [0, 0.05) is 0 Å². The van der Waals surface area contributed by atoms with Crippen LogP contribution in [0.1, 0.15) is 45.6 Å². The van der Waals surface area contributed by atoms with E-state index in [1.165, 1.54) is 35.1 Å². The van der Waals surface area contributed by atoms with Gasteiger partial charge in [0.25, 0.3) is 0 Å². The van der Waals surface area contributed by atoms with Crippen molar-refractivity contribution >= 4 is 11.9 Å². The third-order valence-corrected chi connectivity index (χ3v) is 5.41. The van der Waals surface area contributed by atoms with E-state index in [1.807, 2.05) is 42.5 Å². The van der Waals surface area contributed by atoms with Crippen LogP contribution in [0.25, 0.3) is 17.2 Å². The molecule has 1 aliphatic carbocycles. The Morgan fingerprint density at radius 3 is 2.19 bits per heavy atom. The molecule has 0 fully saturated rings. The Kier molecular flexibility index (Phi) is 5.91. The monoisotopic (exact) mass is 356 g/mol. The van der Waals surface area contributed by atoms with Crippen molar-refractivity contribution in [2.24, 2.45) is 5.41 Å². The Morgan fingerprint density at radius 1 is 0.889 bits per heavy atom. The summed E-state index contributed by atoms with van der Waals surface area (Å²) in [5.74, 6) is 0.0313. The first-order chi connectivity index (χ1) is 13.0. The largest absolute Gasteiger partial charge is 0.290 e. The van der Waals surface area contributed by atoms with E-state index in [2.05, 4.69) is 45.0 Å². The predicted octanol–water partition coefficient (Wildman–Crippen LogP) is 7.02. The molecule has 0 radical (unpaired) electrons. The van der Waals surface area contributed by atoms with Crippen LogP contribution in [0.2, 0.25) is 0 Å². The summed E-state index contributed by atoms with van der Waals surface area (Å²) in [4.78, 5) is 12.3. The second-order valence-electron chi connectivity index (χ2n) is 7.99. The van der Waals surface area contributed by atoms with E-state index in [0.717, 1.165) is 12.0 Å². The Balaban J connectivity index is 1.66. The van der Waals surface area contributed by atoms with E-state index >= 15 is 0 Å². The number of carbonyl (C=O) groups is 1. The van der Waals surface area contributed by atoms with E-state index < -0.39 is 0 Å². The first-order valence-corrected chi connectivity index (χ1v) is 9.71. The van der Waals surface area contributed by atoms with Crippen molar-refractivity contribution in [2.75, 3.05) is 0 Å². The molecule has 2 aromatic rings. The second-order valence-corrected chi connectivity index (χ2v) is 7.99. The maximum absolute atomic E-state index is 12.3. The molecule has 0 amide bonds. The summed E-state index contributed by atoms with van der Waals surface area (Å²) in [7, 11) is 0. The minimum absolute atomic E-state index is 0.0313. The van der Waals surface area contributed by atoms with Gasteiger partial charge in [-0.15, -0.1) is 0 Å². The number of hydrogen-bond acceptors (Lipinski definition) is 1. The molecule has 0 bridgehead atoms. The van der Waals surface area contributed by atoms with Crippen molar-refractivity contribution < 1.29 is 4.79 Å². The maximum Gasteiger partial charge on any atom is 0.178 e. The van der Waals surface area contributed by atoms with Crippen molar-refractivity contribution in [1.82, 2.24) is 0 Å². The molecule has 0 heterocycles. The third kappa shape index (κ3) is 4.95. The van der Waals surface area contributed by atoms with Crippen LogP contribution in [0.5, 0.6) is 0 Å². The highest BCUT2D eigenvalue weighted by Crippen LogP contribution is 2.40. The van der Waals surface area contributed by atoms with Crippen molar-refractivity contribution in [1.29, 1.82) is 0 Å². The van der Waals surface area contributed by atoms with E-state index in [9.17, 15) is 4.79 Å². The average molecular weight is 357 g/mol. The molecule has 138 valence electrons. The Bertz CT molecular complexity index is 878. The molecule has 0 saturated heterocycles. The van der Waals surface area contributed by atoms with Crippen molar-refractivity contribution in [3.05, 3.63) is 89.5 Å². The van der Waals surface area contributed by atoms with Crippen molar-refractivity contribution in [3.8, 4) is 11.1 Å². The molecule has 0 saturated carbocycles. The fourth-order valence-electron chi connectivity index (χ4n) is 3.83. The average Bonchev–Trinajstić information content (AvgIpc) is 2.66. The molecule has 0 unspecified atom stereocenters. The lowest BCUT2D eigenvalue weighted by Gasteiger charge is -2.32. The lowest BCUT2D eigenvalue weighted by molar-refractivity contribution is -0.110. The topological polar surface area (TPSA) is 17.1 Å². The zero-order valence-corrected chi connectivity index (χ0v) is 16.5. The zero-order valence-electron chi connectivity index (χ0n) is 16.5. The highest BCUT2D eigenvalue weighted by Gasteiger charge is 2.26. The van der Waals surface area contributed by atoms with Crippen molar-refractivity contribution in [3.63, 3.8) is 0 Å². The standard InChI is InChI=1S/C26H28O/c1-20-8-7-19-26(2,3)25(20)18-17-24(27)16-13-21-11-14-23(15-12-21)22-9-5-4-6-10-22/h4-6,9-18H,7-8,19H2,1-3H3/b16-13+,18-17+. The fourth-order valence-corrected chi connectivity index (χ4v) is 3.83. The second kappa shape index (κ2) is 8.35. The Hall–Kier alpha value is -2.67. The van der Waals surface area contributed by atoms with Crippen LogP contribution >= 0.6 is 0 Å². The molecule has 0 aromatic heterocycles. The first-order valence-electron chi connectivity index (χ1n) is 9.71. The summed E-state index contributed by atoms with van der Waals surface area (Å²) in [6.45, 7) is 6.73. The SMILES string of the molecule is CC1=C(/C=C/C(=O)/C=C/c2ccc(-c3ccccc3)cc2)C(C)(C)CCC1. The zero-order chi connectivity index (χ0) is 19.3. The van der Waals surface area contributed by atoms with Gasteiger partial charge in [0.05, 0.1) is 0 Å². The van der Waals surface area contributed by atoms with Gasteiger partial charge in [0.2, 0.25) is 0 Å². The van der Waals surface area contributed by atoms with Gasteiger partial charge in [0.1, 0.15) is 0 Å². The highest BCUT2D eigenvalue weighted by molar-refractivity contribution is 6.02. The number of benzene rings is 2. The summed E-state index contributed by atoms with van der Waals surface area (Å²) in [5.41, 5.74) is 6.31. The number of allylic oxidation sites excluding steroid dienone is 5. The van der Waals surface area contributed by atoms with Gasteiger partial charge < -0.3 is 0 Å². The van der Waals surface area contributed by atoms with Gasteiger partial charge >= 0.3 is 0 Å². The minimum Gasteiger partial charge on any atom is -0.290 e. The van der Waals surface area contributed by atoms with Gasteiger partial charge in [-0.3, -0.25) is 4.79 Å². The quantitative estimate of drug-likeness (QED) is 0.526. The van der Waals surface area contributed by atoms with Gasteiger partial charge in [-0.2, -0.15) is 0 Å². The van der Waals surface area contributed by atoms with Gasteiger partial charge in [-0.25, -0.2) is 0 Å². The van der Waals surface area contributed by atoms with Gasteiger partial charge in [-0.1, -0.05) is 86.2 Å². The molecule has 0 N–H and O–H groups in total. The summed E-state index contributed by atoms with van der Waals surface area (Å²) >= 11 is 0. The maximum atomic E-state index is 12.3. The number of rotatable bonds is 5. The Labute approximate surface area is 163 Å². The molecule has 0 aliphatic heterocycles. The van der Waals surface area contributed by atoms with Crippen LogP contribution in [0, 0.1) is 5.41 Å².